The van der Waals surface area contributed by atoms with Crippen LogP contribution in [0.3, 0.4) is 0 Å². The summed E-state index contributed by atoms with van der Waals surface area (Å²) in [6.07, 6.45) is 2.50. The van der Waals surface area contributed by atoms with E-state index in [1.165, 1.54) is 0 Å². The molecular weight excluding hydrogens is 152 g/mol. The van der Waals surface area contributed by atoms with Crippen LogP contribution in [-0.4, -0.2) is 16.1 Å². The molecule has 1 rings (SSSR count). The van der Waals surface area contributed by atoms with Crippen LogP contribution in [0.4, 0.5) is 0 Å². The van der Waals surface area contributed by atoms with Crippen molar-refractivity contribution in [1.82, 2.24) is 0 Å². The molecule has 2 heteroatoms. The molecule has 0 saturated heterocycles. The van der Waals surface area contributed by atoms with Crippen molar-refractivity contribution in [3.63, 3.8) is 0 Å². The Hall–Kier alpha value is -1.02. The molecule has 1 aromatic carbocycles. The fourth-order valence-electron chi connectivity index (χ4n) is 0.839. The van der Waals surface area contributed by atoms with E-state index in [4.69, 9.17) is 0 Å². The van der Waals surface area contributed by atoms with Crippen molar-refractivity contribution in [3.8, 4) is 5.75 Å². The summed E-state index contributed by atoms with van der Waals surface area (Å²) < 4.78 is 0. The Morgan fingerprint density at radius 2 is 2.00 bits per heavy atom. The first-order chi connectivity index (χ1) is 4.84. The van der Waals surface area contributed by atoms with Gasteiger partial charge in [0, 0.05) is 11.0 Å². The average molecular weight is 162 g/mol. The summed E-state index contributed by atoms with van der Waals surface area (Å²) in [4.78, 5) is 0. The van der Waals surface area contributed by atoms with Crippen molar-refractivity contribution in [1.29, 1.82) is 0 Å². The molecule has 0 saturated carbocycles. The standard InChI is InChI=1S/C9H10O.Si/c1-2-5-8-6-3-4-7-9(8)10;/h2-4,6-7,10H,1,5H2;. The molecule has 0 heterocycles. The Labute approximate surface area is 71.4 Å². The first-order valence-electron chi connectivity index (χ1n) is 3.22. The number of para-hydroxylation sites is 1. The molecule has 0 aromatic heterocycles. The Kier molecular flexibility index (Phi) is 4.30. The highest BCUT2D eigenvalue weighted by Gasteiger charge is 1.93. The predicted molar refractivity (Wildman–Crippen MR) is 47.8 cm³/mol. The third-order valence-electron chi connectivity index (χ3n) is 1.36. The maximum absolute atomic E-state index is 9.19. The fraction of sp³-hybridized carbons (Fsp3) is 0.111. The topological polar surface area (TPSA) is 20.2 Å². The zero-order chi connectivity index (χ0) is 7.40. The first kappa shape index (κ1) is 9.98. The lowest BCUT2D eigenvalue weighted by atomic mass is 10.1. The molecule has 0 atom stereocenters. The van der Waals surface area contributed by atoms with E-state index in [1.54, 1.807) is 12.1 Å². The summed E-state index contributed by atoms with van der Waals surface area (Å²) in [5.74, 6) is 0.349. The molecule has 56 valence electrons. The van der Waals surface area contributed by atoms with E-state index >= 15 is 0 Å². The van der Waals surface area contributed by atoms with Crippen LogP contribution in [0.1, 0.15) is 5.56 Å². The molecule has 0 unspecified atom stereocenters. The summed E-state index contributed by atoms with van der Waals surface area (Å²) in [7, 11) is 0. The van der Waals surface area contributed by atoms with Crippen LogP contribution in [0.2, 0.25) is 0 Å². The predicted octanol–water partition coefficient (Wildman–Crippen LogP) is 1.74. The Balaban J connectivity index is 0.000001000. The molecule has 4 radical (unpaired) electrons. The van der Waals surface area contributed by atoms with Crippen molar-refractivity contribution in [2.75, 3.05) is 0 Å². The fourth-order valence-corrected chi connectivity index (χ4v) is 0.839. The Morgan fingerprint density at radius 1 is 1.36 bits per heavy atom. The third-order valence-corrected chi connectivity index (χ3v) is 1.36. The summed E-state index contributed by atoms with van der Waals surface area (Å²) in [6.45, 7) is 3.59. The highest BCUT2D eigenvalue weighted by molar-refractivity contribution is 5.75. The number of allylic oxidation sites excluding steroid dienone is 1. The molecule has 0 aliphatic rings. The lowest BCUT2D eigenvalue weighted by Gasteiger charge is -1.97. The molecule has 11 heavy (non-hydrogen) atoms. The zero-order valence-corrected chi connectivity index (χ0v) is 7.25. The van der Waals surface area contributed by atoms with Gasteiger partial charge in [-0.25, -0.2) is 0 Å². The second kappa shape index (κ2) is 4.74. The summed E-state index contributed by atoms with van der Waals surface area (Å²) >= 11 is 0. The van der Waals surface area contributed by atoms with Crippen LogP contribution in [0.15, 0.2) is 36.9 Å². The van der Waals surface area contributed by atoms with Crippen LogP contribution in [0.5, 0.6) is 5.75 Å². The second-order valence-electron chi connectivity index (χ2n) is 2.12. The minimum atomic E-state index is 0. The quantitative estimate of drug-likeness (QED) is 0.519. The zero-order valence-electron chi connectivity index (χ0n) is 6.25. The molecule has 0 aliphatic carbocycles. The van der Waals surface area contributed by atoms with Crippen molar-refractivity contribution in [3.05, 3.63) is 42.5 Å². The molecule has 0 aliphatic heterocycles. The number of phenols is 1. The van der Waals surface area contributed by atoms with Gasteiger partial charge in [0.1, 0.15) is 5.75 Å². The van der Waals surface area contributed by atoms with E-state index in [-0.39, 0.29) is 11.0 Å². The molecule has 0 amide bonds. The lowest BCUT2D eigenvalue weighted by molar-refractivity contribution is 0.470. The molecule has 1 N–H and O–H groups in total. The maximum Gasteiger partial charge on any atom is 0.119 e. The number of rotatable bonds is 2. The Bertz CT molecular complexity index is 233. The van der Waals surface area contributed by atoms with Crippen LogP contribution in [0.25, 0.3) is 0 Å². The first-order valence-corrected chi connectivity index (χ1v) is 3.22. The number of phenolic OH excluding ortho intramolecular Hbond substituents is 1. The van der Waals surface area contributed by atoms with Gasteiger partial charge in [-0.3, -0.25) is 0 Å². The van der Waals surface area contributed by atoms with Crippen LogP contribution in [0, 0.1) is 0 Å². The molecular formula is C9H10OSi. The summed E-state index contributed by atoms with van der Waals surface area (Å²) in [5, 5.41) is 9.19. The van der Waals surface area contributed by atoms with Crippen LogP contribution in [-0.2, 0) is 6.42 Å². The van der Waals surface area contributed by atoms with E-state index in [0.717, 1.165) is 12.0 Å². The van der Waals surface area contributed by atoms with Gasteiger partial charge in [-0.1, -0.05) is 24.3 Å². The van der Waals surface area contributed by atoms with Gasteiger partial charge < -0.3 is 5.11 Å². The van der Waals surface area contributed by atoms with Crippen LogP contribution >= 0.6 is 0 Å². The van der Waals surface area contributed by atoms with E-state index in [0.29, 0.717) is 5.75 Å². The van der Waals surface area contributed by atoms with Gasteiger partial charge in [0.15, 0.2) is 0 Å². The molecule has 1 aromatic rings. The minimum Gasteiger partial charge on any atom is -0.508 e. The normalized spacial score (nSPS) is 8.36. The summed E-state index contributed by atoms with van der Waals surface area (Å²) in [6, 6.07) is 7.27. The van der Waals surface area contributed by atoms with Crippen LogP contribution < -0.4 is 0 Å². The maximum atomic E-state index is 9.19. The van der Waals surface area contributed by atoms with E-state index in [9.17, 15) is 5.11 Å². The Morgan fingerprint density at radius 3 is 2.55 bits per heavy atom. The van der Waals surface area contributed by atoms with Gasteiger partial charge in [0.25, 0.3) is 0 Å². The minimum absolute atomic E-state index is 0. The SMILES string of the molecule is C=CCc1ccccc1O.[Si]. The van der Waals surface area contributed by atoms with Crippen molar-refractivity contribution < 1.29 is 5.11 Å². The largest absolute Gasteiger partial charge is 0.508 e. The average Bonchev–Trinajstić information content (AvgIpc) is 1.94. The second-order valence-corrected chi connectivity index (χ2v) is 2.12. The number of hydrogen-bond donors (Lipinski definition) is 1. The number of aromatic hydroxyl groups is 1. The van der Waals surface area contributed by atoms with E-state index < -0.39 is 0 Å². The van der Waals surface area contributed by atoms with Gasteiger partial charge in [-0.2, -0.15) is 0 Å². The molecule has 0 fully saturated rings. The number of benzene rings is 1. The van der Waals surface area contributed by atoms with Crippen molar-refractivity contribution >= 4 is 11.0 Å². The summed E-state index contributed by atoms with van der Waals surface area (Å²) in [5.41, 5.74) is 0.928. The van der Waals surface area contributed by atoms with Gasteiger partial charge in [0.2, 0.25) is 0 Å². The van der Waals surface area contributed by atoms with Gasteiger partial charge in [-0.15, -0.1) is 6.58 Å². The van der Waals surface area contributed by atoms with Gasteiger partial charge in [-0.05, 0) is 18.1 Å². The van der Waals surface area contributed by atoms with Crippen molar-refractivity contribution in [2.45, 2.75) is 6.42 Å². The van der Waals surface area contributed by atoms with E-state index in [1.807, 2.05) is 18.2 Å². The molecule has 0 bridgehead atoms. The van der Waals surface area contributed by atoms with Gasteiger partial charge >= 0.3 is 0 Å². The molecule has 1 nitrogen and oxygen atoms in total. The third kappa shape index (κ3) is 2.59. The number of hydrogen-bond acceptors (Lipinski definition) is 1. The van der Waals surface area contributed by atoms with E-state index in [2.05, 4.69) is 6.58 Å². The molecule has 0 spiro atoms. The van der Waals surface area contributed by atoms with Crippen molar-refractivity contribution in [2.24, 2.45) is 0 Å². The highest BCUT2D eigenvalue weighted by atomic mass is 28.1. The monoisotopic (exact) mass is 162 g/mol. The van der Waals surface area contributed by atoms with Gasteiger partial charge in [0.05, 0.1) is 0 Å². The lowest BCUT2D eigenvalue weighted by Crippen LogP contribution is -1.79. The highest BCUT2D eigenvalue weighted by Crippen LogP contribution is 2.15. The smallest absolute Gasteiger partial charge is 0.119 e.